The Morgan fingerprint density at radius 2 is 0.939 bits per heavy atom. The predicted octanol–water partition coefficient (Wildman–Crippen LogP) is 4.17. The van der Waals surface area contributed by atoms with E-state index in [4.69, 9.17) is 0 Å². The van der Waals surface area contributed by atoms with Gasteiger partial charge in [0.1, 0.15) is 0 Å². The molecule has 182 valence electrons. The third-order valence-corrected chi connectivity index (χ3v) is 9.65. The van der Waals surface area contributed by atoms with E-state index in [1.54, 1.807) is 24.3 Å². The summed E-state index contributed by atoms with van der Waals surface area (Å²) in [5.41, 5.74) is 2.22. The maximum absolute atomic E-state index is 13.2. The van der Waals surface area contributed by atoms with Crippen molar-refractivity contribution >= 4 is 20.0 Å². The third-order valence-electron chi connectivity index (χ3n) is 5.82. The van der Waals surface area contributed by atoms with Gasteiger partial charge in [-0.25, -0.2) is 16.8 Å². The fourth-order valence-electron chi connectivity index (χ4n) is 4.19. The molecule has 0 radical (unpaired) electrons. The zero-order chi connectivity index (χ0) is 24.2. The fourth-order valence-corrected chi connectivity index (χ4v) is 7.13. The van der Waals surface area contributed by atoms with Crippen molar-refractivity contribution in [3.8, 4) is 0 Å². The Morgan fingerprint density at radius 3 is 1.24 bits per heavy atom. The number of nitrogens with zero attached hydrogens (tertiary/aromatic N) is 2. The van der Waals surface area contributed by atoms with Crippen LogP contribution in [0.15, 0.2) is 58.3 Å². The molecule has 33 heavy (non-hydrogen) atoms. The molecule has 0 aliphatic carbocycles. The number of rotatable bonds is 8. The number of benzene rings is 2. The first kappa shape index (κ1) is 25.9. The van der Waals surface area contributed by atoms with Gasteiger partial charge < -0.3 is 0 Å². The van der Waals surface area contributed by atoms with Crippen LogP contribution in [0, 0.1) is 11.8 Å². The van der Waals surface area contributed by atoms with Crippen LogP contribution < -0.4 is 0 Å². The maximum atomic E-state index is 13.2. The minimum atomic E-state index is -3.67. The molecular formula is C25H36N2O4S2. The van der Waals surface area contributed by atoms with Crippen LogP contribution in [0.1, 0.15) is 45.2 Å². The Labute approximate surface area is 199 Å². The van der Waals surface area contributed by atoms with E-state index in [9.17, 15) is 16.8 Å². The molecule has 1 aliphatic heterocycles. The van der Waals surface area contributed by atoms with Crippen LogP contribution in [-0.2, 0) is 32.9 Å². The topological polar surface area (TPSA) is 74.8 Å². The third kappa shape index (κ3) is 6.44. The molecule has 1 fully saturated rings. The van der Waals surface area contributed by atoms with Crippen LogP contribution in [0.25, 0.3) is 0 Å². The van der Waals surface area contributed by atoms with Crippen LogP contribution in [-0.4, -0.2) is 51.6 Å². The lowest BCUT2D eigenvalue weighted by Gasteiger charge is -2.22. The lowest BCUT2D eigenvalue weighted by Crippen LogP contribution is -2.37. The molecule has 0 amide bonds. The summed E-state index contributed by atoms with van der Waals surface area (Å²) in [6.07, 6.45) is 2.25. The monoisotopic (exact) mass is 492 g/mol. The Kier molecular flexibility index (Phi) is 8.37. The number of hydrogen-bond donors (Lipinski definition) is 0. The van der Waals surface area contributed by atoms with E-state index >= 15 is 0 Å². The second-order valence-corrected chi connectivity index (χ2v) is 13.5. The first-order valence-electron chi connectivity index (χ1n) is 11.7. The molecule has 0 N–H and O–H groups in total. The summed E-state index contributed by atoms with van der Waals surface area (Å²) in [5.74, 6) is 0.995. The van der Waals surface area contributed by atoms with Crippen molar-refractivity contribution in [1.29, 1.82) is 0 Å². The largest absolute Gasteiger partial charge is 0.243 e. The molecule has 0 aromatic heterocycles. The van der Waals surface area contributed by atoms with Gasteiger partial charge in [-0.2, -0.15) is 8.61 Å². The smallest absolute Gasteiger partial charge is 0.207 e. The van der Waals surface area contributed by atoms with E-state index in [1.165, 1.54) is 8.61 Å². The molecule has 1 aliphatic rings. The molecule has 0 spiro atoms. The average molecular weight is 493 g/mol. The molecule has 3 rings (SSSR count). The number of sulfonamides is 2. The van der Waals surface area contributed by atoms with Gasteiger partial charge in [-0.1, -0.05) is 52.0 Å². The quantitative estimate of drug-likeness (QED) is 0.554. The molecule has 1 saturated heterocycles. The summed E-state index contributed by atoms with van der Waals surface area (Å²) >= 11 is 0. The van der Waals surface area contributed by atoms with E-state index in [-0.39, 0.29) is 22.9 Å². The van der Waals surface area contributed by atoms with E-state index in [0.717, 1.165) is 24.0 Å². The van der Waals surface area contributed by atoms with Gasteiger partial charge in [0.25, 0.3) is 0 Å². The minimum absolute atomic E-state index is 0.140. The molecule has 0 bridgehead atoms. The highest BCUT2D eigenvalue weighted by molar-refractivity contribution is 7.89. The SMILES string of the molecule is CC(C)Cc1ccc(S(=O)(=O)N2CCCN(S(=O)(=O)c3ccc(CC(C)C)cc3)CC2)cc1. The predicted molar refractivity (Wildman–Crippen MR) is 132 cm³/mol. The molecule has 1 heterocycles. The highest BCUT2D eigenvalue weighted by Gasteiger charge is 2.31. The summed E-state index contributed by atoms with van der Waals surface area (Å²) < 4.78 is 55.6. The van der Waals surface area contributed by atoms with Crippen molar-refractivity contribution < 1.29 is 16.8 Å². The van der Waals surface area contributed by atoms with Crippen molar-refractivity contribution in [2.75, 3.05) is 26.2 Å². The lowest BCUT2D eigenvalue weighted by atomic mass is 10.0. The van der Waals surface area contributed by atoms with Crippen LogP contribution in [0.5, 0.6) is 0 Å². The Hall–Kier alpha value is -1.74. The van der Waals surface area contributed by atoms with Crippen molar-refractivity contribution in [3.05, 3.63) is 59.7 Å². The van der Waals surface area contributed by atoms with E-state index < -0.39 is 20.0 Å². The summed E-state index contributed by atoms with van der Waals surface area (Å²) in [7, 11) is -7.34. The molecule has 0 unspecified atom stereocenters. The van der Waals surface area contributed by atoms with Gasteiger partial charge in [-0.05, 0) is 66.5 Å². The first-order valence-corrected chi connectivity index (χ1v) is 14.6. The summed E-state index contributed by atoms with van der Waals surface area (Å²) in [4.78, 5) is 0.513. The fraction of sp³-hybridized carbons (Fsp3) is 0.520. The van der Waals surface area contributed by atoms with Gasteiger partial charge in [-0.3, -0.25) is 0 Å². The molecule has 2 aromatic rings. The number of hydrogen-bond acceptors (Lipinski definition) is 4. The van der Waals surface area contributed by atoms with Crippen molar-refractivity contribution in [3.63, 3.8) is 0 Å². The zero-order valence-electron chi connectivity index (χ0n) is 20.1. The second-order valence-electron chi connectivity index (χ2n) is 9.65. The van der Waals surface area contributed by atoms with Crippen LogP contribution >= 0.6 is 0 Å². The Morgan fingerprint density at radius 1 is 0.606 bits per heavy atom. The molecule has 2 aromatic carbocycles. The minimum Gasteiger partial charge on any atom is -0.207 e. The molecule has 8 heteroatoms. The highest BCUT2D eigenvalue weighted by atomic mass is 32.2. The zero-order valence-corrected chi connectivity index (χ0v) is 21.7. The van der Waals surface area contributed by atoms with Crippen molar-refractivity contribution in [2.45, 2.75) is 56.7 Å². The molecule has 0 atom stereocenters. The second kappa shape index (κ2) is 10.7. The van der Waals surface area contributed by atoms with Gasteiger partial charge >= 0.3 is 0 Å². The summed E-state index contributed by atoms with van der Waals surface area (Å²) in [5, 5.41) is 0. The van der Waals surface area contributed by atoms with Gasteiger partial charge in [0.2, 0.25) is 20.0 Å². The Bertz CT molecular complexity index is 1030. The van der Waals surface area contributed by atoms with Gasteiger partial charge in [0.15, 0.2) is 0 Å². The highest BCUT2D eigenvalue weighted by Crippen LogP contribution is 2.23. The van der Waals surface area contributed by atoms with Gasteiger partial charge in [0.05, 0.1) is 9.79 Å². The molecule has 0 saturated carbocycles. The van der Waals surface area contributed by atoms with Crippen LogP contribution in [0.4, 0.5) is 0 Å². The van der Waals surface area contributed by atoms with Crippen molar-refractivity contribution in [1.82, 2.24) is 8.61 Å². The summed E-state index contributed by atoms with van der Waals surface area (Å²) in [6.45, 7) is 9.39. The summed E-state index contributed by atoms with van der Waals surface area (Å²) in [6, 6.07) is 14.1. The van der Waals surface area contributed by atoms with Crippen LogP contribution in [0.3, 0.4) is 0 Å². The molecular weight excluding hydrogens is 456 g/mol. The van der Waals surface area contributed by atoms with E-state index in [1.807, 2.05) is 24.3 Å². The Balaban J connectivity index is 1.71. The van der Waals surface area contributed by atoms with E-state index in [2.05, 4.69) is 27.7 Å². The lowest BCUT2D eigenvalue weighted by molar-refractivity contribution is 0.404. The normalized spacial score (nSPS) is 16.9. The van der Waals surface area contributed by atoms with Crippen molar-refractivity contribution in [2.24, 2.45) is 11.8 Å². The maximum Gasteiger partial charge on any atom is 0.243 e. The van der Waals surface area contributed by atoms with Gasteiger partial charge in [-0.15, -0.1) is 0 Å². The van der Waals surface area contributed by atoms with Gasteiger partial charge in [0, 0.05) is 26.2 Å². The first-order chi connectivity index (χ1) is 15.5. The standard InChI is InChI=1S/C25H36N2O4S2/c1-20(2)18-22-6-10-24(11-7-22)32(28,29)26-14-5-15-27(17-16-26)33(30,31)25-12-8-23(9-13-25)19-21(3)4/h6-13,20-21H,5,14-19H2,1-4H3. The van der Waals surface area contributed by atoms with E-state index in [0.29, 0.717) is 31.3 Å². The molecule has 6 nitrogen and oxygen atoms in total. The average Bonchev–Trinajstić information content (AvgIpc) is 3.01. The van der Waals surface area contributed by atoms with Crippen LogP contribution in [0.2, 0.25) is 0 Å².